The summed E-state index contributed by atoms with van der Waals surface area (Å²) in [4.78, 5) is 10.7. The molecule has 0 amide bonds. The lowest BCUT2D eigenvalue weighted by Crippen LogP contribution is -2.55. The number of aryl methyl sites for hydroxylation is 1. The van der Waals surface area contributed by atoms with Gasteiger partial charge in [-0.05, 0) is 93.1 Å². The van der Waals surface area contributed by atoms with E-state index < -0.39 is 40.3 Å². The van der Waals surface area contributed by atoms with Crippen molar-refractivity contribution in [1.82, 2.24) is 0 Å². The molecule has 0 atom stereocenters. The summed E-state index contributed by atoms with van der Waals surface area (Å²) in [7, 11) is 0. The van der Waals surface area contributed by atoms with Crippen LogP contribution in [-0.4, -0.2) is 21.6 Å². The van der Waals surface area contributed by atoms with E-state index in [4.69, 9.17) is 36.3 Å². The Morgan fingerprint density at radius 1 is 0.977 bits per heavy atom. The predicted octanol–water partition coefficient (Wildman–Crippen LogP) is 8.78. The van der Waals surface area contributed by atoms with Crippen LogP contribution in [0.15, 0.2) is 65.7 Å². The number of nitriles is 1. The van der Waals surface area contributed by atoms with Gasteiger partial charge in [0, 0.05) is 17.1 Å². The third kappa shape index (κ3) is 5.47. The molecule has 14 heteroatoms. The van der Waals surface area contributed by atoms with E-state index in [-0.39, 0.29) is 27.4 Å². The Bertz CT molecular complexity index is 1780. The number of aliphatic imine (C=N–C) groups is 1. The number of rotatable bonds is 3. The number of nitrogens with one attached hydrogen (secondary N) is 1. The standard InChI is InChI=1S/C30H20F6N6S2/c1-17-4-8-20(9-5-17)42-27(44)41(21-10-11-24(38-2)23(15-21)30(34,35)36)25(28(42)12-3-13-28)40-26(43)39-19-7-6-18(16-37)22(14-19)29(31,32)33/h4-11,14-15H,3,12-13H2,1H3,(H,39,43)/b40-25+. The zero-order chi connectivity index (χ0) is 32.0. The fourth-order valence-corrected chi connectivity index (χ4v) is 5.94. The summed E-state index contributed by atoms with van der Waals surface area (Å²) in [6.07, 6.45) is -7.86. The predicted molar refractivity (Wildman–Crippen MR) is 163 cm³/mol. The summed E-state index contributed by atoms with van der Waals surface area (Å²) in [5.41, 5.74) is -2.82. The van der Waals surface area contributed by atoms with Gasteiger partial charge < -0.3 is 10.2 Å². The van der Waals surface area contributed by atoms with Gasteiger partial charge in [0.15, 0.2) is 15.9 Å². The van der Waals surface area contributed by atoms with Gasteiger partial charge in [-0.25, -0.2) is 9.84 Å². The van der Waals surface area contributed by atoms with Crippen molar-refractivity contribution in [2.75, 3.05) is 15.1 Å². The van der Waals surface area contributed by atoms with Crippen LogP contribution in [0, 0.1) is 24.8 Å². The van der Waals surface area contributed by atoms with E-state index in [1.165, 1.54) is 23.1 Å². The fourth-order valence-electron chi connectivity index (χ4n) is 5.27. The van der Waals surface area contributed by atoms with Crippen LogP contribution in [0.25, 0.3) is 4.85 Å². The Labute approximate surface area is 259 Å². The van der Waals surface area contributed by atoms with E-state index in [1.807, 2.05) is 36.1 Å². The van der Waals surface area contributed by atoms with Crippen molar-refractivity contribution >= 4 is 63.2 Å². The SMILES string of the molecule is [C-]#[N+]c1ccc(N2C(=S)N(c3ccc(C)cc3)C3(CCC3)/C2=N\C(=S)Nc2ccc(C#N)c(C(F)(F)F)c2)cc1C(F)(F)F. The minimum absolute atomic E-state index is 0.00473. The molecule has 1 saturated carbocycles. The van der Waals surface area contributed by atoms with E-state index in [0.717, 1.165) is 36.2 Å². The maximum Gasteiger partial charge on any atom is 0.417 e. The second-order valence-electron chi connectivity index (χ2n) is 10.2. The van der Waals surface area contributed by atoms with Crippen LogP contribution in [-0.2, 0) is 12.4 Å². The number of anilines is 3. The highest BCUT2D eigenvalue weighted by Crippen LogP contribution is 2.49. The van der Waals surface area contributed by atoms with Crippen molar-refractivity contribution in [2.45, 2.75) is 44.1 Å². The van der Waals surface area contributed by atoms with Crippen LogP contribution in [0.5, 0.6) is 0 Å². The zero-order valence-electron chi connectivity index (χ0n) is 22.7. The van der Waals surface area contributed by atoms with Gasteiger partial charge in [-0.3, -0.25) is 4.90 Å². The molecule has 1 heterocycles. The number of hydrogen-bond donors (Lipinski definition) is 1. The highest BCUT2D eigenvalue weighted by molar-refractivity contribution is 7.81. The molecule has 1 aliphatic heterocycles. The van der Waals surface area contributed by atoms with Gasteiger partial charge in [0.1, 0.15) is 11.4 Å². The minimum atomic E-state index is -4.83. The smallest absolute Gasteiger partial charge is 0.331 e. The molecule has 0 unspecified atom stereocenters. The number of benzene rings is 3. The largest absolute Gasteiger partial charge is 0.417 e. The molecule has 2 aliphatic rings. The Morgan fingerprint density at radius 2 is 1.61 bits per heavy atom. The molecule has 224 valence electrons. The van der Waals surface area contributed by atoms with E-state index in [1.54, 1.807) is 0 Å². The van der Waals surface area contributed by atoms with Crippen molar-refractivity contribution in [2.24, 2.45) is 4.99 Å². The highest BCUT2D eigenvalue weighted by atomic mass is 32.1. The first kappa shape index (κ1) is 30.9. The molecule has 44 heavy (non-hydrogen) atoms. The van der Waals surface area contributed by atoms with Crippen LogP contribution >= 0.6 is 24.4 Å². The van der Waals surface area contributed by atoms with Crippen LogP contribution in [0.2, 0.25) is 0 Å². The average molecular weight is 643 g/mol. The van der Waals surface area contributed by atoms with Crippen molar-refractivity contribution < 1.29 is 26.3 Å². The van der Waals surface area contributed by atoms with E-state index in [0.29, 0.717) is 18.5 Å². The average Bonchev–Trinajstić information content (AvgIpc) is 3.20. The number of amidine groups is 1. The van der Waals surface area contributed by atoms with E-state index in [9.17, 15) is 26.3 Å². The van der Waals surface area contributed by atoms with E-state index in [2.05, 4.69) is 15.2 Å². The van der Waals surface area contributed by atoms with Gasteiger partial charge >= 0.3 is 12.4 Å². The molecule has 3 aromatic carbocycles. The van der Waals surface area contributed by atoms with Crippen LogP contribution in [0.3, 0.4) is 0 Å². The summed E-state index contributed by atoms with van der Waals surface area (Å²) >= 11 is 11.3. The number of hydrogen-bond acceptors (Lipinski definition) is 3. The van der Waals surface area contributed by atoms with Crippen molar-refractivity contribution in [1.29, 1.82) is 5.26 Å². The Balaban J connectivity index is 1.64. The monoisotopic (exact) mass is 642 g/mol. The third-order valence-electron chi connectivity index (χ3n) is 7.48. The zero-order valence-corrected chi connectivity index (χ0v) is 24.3. The van der Waals surface area contributed by atoms with Crippen LogP contribution in [0.4, 0.5) is 49.1 Å². The molecule has 0 radical (unpaired) electrons. The van der Waals surface area contributed by atoms with Gasteiger partial charge in [-0.15, -0.1) is 0 Å². The lowest BCUT2D eigenvalue weighted by Gasteiger charge is -2.44. The lowest BCUT2D eigenvalue weighted by atomic mass is 9.74. The molecule has 0 aromatic heterocycles. The molecule has 6 nitrogen and oxygen atoms in total. The van der Waals surface area contributed by atoms with Crippen molar-refractivity contribution in [3.63, 3.8) is 0 Å². The highest BCUT2D eigenvalue weighted by Gasteiger charge is 2.58. The topological polar surface area (TPSA) is 59.0 Å². The Hall–Kier alpha value is -4.53. The Morgan fingerprint density at radius 3 is 2.16 bits per heavy atom. The number of nitrogens with zero attached hydrogens (tertiary/aromatic N) is 5. The first-order valence-electron chi connectivity index (χ1n) is 13.0. The molecule has 1 spiro atoms. The lowest BCUT2D eigenvalue weighted by molar-refractivity contribution is -0.138. The quantitative estimate of drug-likeness (QED) is 0.175. The molecule has 1 aliphatic carbocycles. The first-order valence-corrected chi connectivity index (χ1v) is 13.8. The molecular formula is C30H20F6N6S2. The Kier molecular flexibility index (Phi) is 7.86. The molecular weight excluding hydrogens is 622 g/mol. The maximum atomic E-state index is 14.0. The fraction of sp³-hybridized carbons (Fsp3) is 0.233. The van der Waals surface area contributed by atoms with Crippen molar-refractivity contribution in [3.8, 4) is 6.07 Å². The third-order valence-corrected chi connectivity index (χ3v) is 8.04. The summed E-state index contributed by atoms with van der Waals surface area (Å²) in [5.74, 6) is 0.195. The summed E-state index contributed by atoms with van der Waals surface area (Å²) < 4.78 is 82.5. The normalized spacial score (nSPS) is 16.9. The molecule has 3 aromatic rings. The second-order valence-corrected chi connectivity index (χ2v) is 11.0. The van der Waals surface area contributed by atoms with Gasteiger partial charge in [-0.1, -0.05) is 23.8 Å². The molecule has 2 fully saturated rings. The molecule has 1 saturated heterocycles. The van der Waals surface area contributed by atoms with Gasteiger partial charge in [0.25, 0.3) is 0 Å². The number of thiocarbonyl (C=S) groups is 2. The minimum Gasteiger partial charge on any atom is -0.331 e. The molecule has 0 bridgehead atoms. The maximum absolute atomic E-state index is 14.0. The van der Waals surface area contributed by atoms with Gasteiger partial charge in [-0.2, -0.15) is 31.6 Å². The van der Waals surface area contributed by atoms with Gasteiger partial charge in [0.2, 0.25) is 0 Å². The van der Waals surface area contributed by atoms with Crippen LogP contribution in [0.1, 0.15) is 41.5 Å². The second kappa shape index (κ2) is 11.2. The summed E-state index contributed by atoms with van der Waals surface area (Å²) in [6, 6.07) is 15.1. The number of alkyl halides is 6. The molecule has 1 N–H and O–H groups in total. The van der Waals surface area contributed by atoms with Crippen LogP contribution < -0.4 is 15.1 Å². The summed E-state index contributed by atoms with van der Waals surface area (Å²) in [6.45, 7) is 9.11. The summed E-state index contributed by atoms with van der Waals surface area (Å²) in [5, 5.41) is 11.6. The van der Waals surface area contributed by atoms with Crippen molar-refractivity contribution in [3.05, 3.63) is 94.3 Å². The van der Waals surface area contributed by atoms with E-state index >= 15 is 0 Å². The first-order chi connectivity index (χ1) is 20.7. The molecule has 5 rings (SSSR count). The number of halogens is 6. The van der Waals surface area contributed by atoms with Gasteiger partial charge in [0.05, 0.1) is 29.3 Å².